The Morgan fingerprint density at radius 3 is 2.73 bits per heavy atom. The van der Waals surface area contributed by atoms with E-state index in [1.165, 1.54) is 0 Å². The van der Waals surface area contributed by atoms with E-state index >= 15 is 0 Å². The van der Waals surface area contributed by atoms with E-state index in [9.17, 15) is 0 Å². The van der Waals surface area contributed by atoms with Gasteiger partial charge in [0, 0.05) is 7.11 Å². The van der Waals surface area contributed by atoms with Crippen LogP contribution < -0.4 is 10.5 Å². The maximum absolute atomic E-state index is 5.75. The lowest BCUT2D eigenvalue weighted by Gasteiger charge is -2.14. The summed E-state index contributed by atoms with van der Waals surface area (Å²) in [7, 11) is 1.60. The summed E-state index contributed by atoms with van der Waals surface area (Å²) in [4.78, 5) is 7.81. The third-order valence-electron chi connectivity index (χ3n) is 1.79. The van der Waals surface area contributed by atoms with Gasteiger partial charge in [-0.1, -0.05) is 0 Å². The van der Waals surface area contributed by atoms with Crippen molar-refractivity contribution in [3.05, 3.63) is 11.0 Å². The molecule has 0 aromatic carbocycles. The van der Waals surface area contributed by atoms with E-state index in [-0.39, 0.29) is 11.4 Å². The lowest BCUT2D eigenvalue weighted by atomic mass is 10.3. The number of hydrogen-bond acceptors (Lipinski definition) is 5. The van der Waals surface area contributed by atoms with Crippen LogP contribution in [-0.2, 0) is 4.74 Å². The normalized spacial score (nSPS) is 12.5. The van der Waals surface area contributed by atoms with Crippen LogP contribution in [0.25, 0.3) is 0 Å². The van der Waals surface area contributed by atoms with Crippen molar-refractivity contribution in [1.82, 2.24) is 9.97 Å². The SMILES string of the molecule is COCC(C)Oc1nc(Cl)nc(C)c1N. The fourth-order valence-electron chi connectivity index (χ4n) is 1.07. The van der Waals surface area contributed by atoms with Gasteiger partial charge in [0.25, 0.3) is 0 Å². The van der Waals surface area contributed by atoms with Gasteiger partial charge in [0.15, 0.2) is 0 Å². The molecule has 0 saturated carbocycles. The first kappa shape index (κ1) is 12.0. The molecule has 0 saturated heterocycles. The van der Waals surface area contributed by atoms with Gasteiger partial charge in [-0.25, -0.2) is 4.98 Å². The Balaban J connectivity index is 2.84. The van der Waals surface area contributed by atoms with E-state index in [1.54, 1.807) is 14.0 Å². The van der Waals surface area contributed by atoms with E-state index in [0.29, 0.717) is 23.9 Å². The number of methoxy groups -OCH3 is 1. The van der Waals surface area contributed by atoms with Gasteiger partial charge in [-0.2, -0.15) is 4.98 Å². The predicted octanol–water partition coefficient (Wildman–Crippen LogP) is 1.43. The summed E-state index contributed by atoms with van der Waals surface area (Å²) in [6, 6.07) is 0. The molecule has 0 spiro atoms. The molecule has 1 rings (SSSR count). The molecule has 0 aliphatic heterocycles. The van der Waals surface area contributed by atoms with Gasteiger partial charge in [0.2, 0.25) is 11.2 Å². The molecule has 0 bridgehead atoms. The van der Waals surface area contributed by atoms with Crippen LogP contribution in [0.3, 0.4) is 0 Å². The first-order chi connectivity index (χ1) is 7.04. The minimum atomic E-state index is -0.136. The van der Waals surface area contributed by atoms with Crippen molar-refractivity contribution in [2.24, 2.45) is 0 Å². The largest absolute Gasteiger partial charge is 0.471 e. The molecule has 0 radical (unpaired) electrons. The summed E-state index contributed by atoms with van der Waals surface area (Å²) in [5.41, 5.74) is 6.76. The first-order valence-corrected chi connectivity index (χ1v) is 4.87. The van der Waals surface area contributed by atoms with Crippen LogP contribution in [0, 0.1) is 6.92 Å². The molecule has 0 fully saturated rings. The molecule has 0 aliphatic rings. The number of nitrogens with two attached hydrogens (primary N) is 1. The van der Waals surface area contributed by atoms with E-state index < -0.39 is 0 Å². The maximum Gasteiger partial charge on any atom is 0.242 e. The van der Waals surface area contributed by atoms with Crippen molar-refractivity contribution in [2.45, 2.75) is 20.0 Å². The predicted molar refractivity (Wildman–Crippen MR) is 58.2 cm³/mol. The molecule has 1 heterocycles. The van der Waals surface area contributed by atoms with Crippen LogP contribution in [0.4, 0.5) is 5.69 Å². The highest BCUT2D eigenvalue weighted by Crippen LogP contribution is 2.23. The van der Waals surface area contributed by atoms with Gasteiger partial charge in [-0.05, 0) is 25.4 Å². The zero-order valence-corrected chi connectivity index (χ0v) is 9.71. The molecule has 1 aromatic rings. The molecule has 1 atom stereocenters. The molecule has 0 amide bonds. The third kappa shape index (κ3) is 3.21. The van der Waals surface area contributed by atoms with Gasteiger partial charge in [0.05, 0.1) is 12.3 Å². The molecule has 0 aliphatic carbocycles. The Morgan fingerprint density at radius 1 is 1.47 bits per heavy atom. The van der Waals surface area contributed by atoms with Crippen LogP contribution in [-0.4, -0.2) is 29.8 Å². The monoisotopic (exact) mass is 231 g/mol. The second-order valence-corrected chi connectivity index (χ2v) is 3.52. The first-order valence-electron chi connectivity index (χ1n) is 4.49. The number of nitrogens with zero attached hydrogens (tertiary/aromatic N) is 2. The van der Waals surface area contributed by atoms with Crippen molar-refractivity contribution >= 4 is 17.3 Å². The summed E-state index contributed by atoms with van der Waals surface area (Å²) < 4.78 is 10.4. The van der Waals surface area contributed by atoms with E-state index in [0.717, 1.165) is 0 Å². The average molecular weight is 232 g/mol. The van der Waals surface area contributed by atoms with Crippen LogP contribution >= 0.6 is 11.6 Å². The van der Waals surface area contributed by atoms with Crippen LogP contribution in [0.15, 0.2) is 0 Å². The second-order valence-electron chi connectivity index (χ2n) is 3.18. The maximum atomic E-state index is 5.75. The molecule has 2 N–H and O–H groups in total. The molecule has 6 heteroatoms. The summed E-state index contributed by atoms with van der Waals surface area (Å²) in [6.45, 7) is 4.06. The summed E-state index contributed by atoms with van der Waals surface area (Å²) in [5, 5.41) is 0.126. The average Bonchev–Trinajstić information content (AvgIpc) is 2.13. The van der Waals surface area contributed by atoms with Gasteiger partial charge in [-0.15, -0.1) is 0 Å². The molecule has 1 aromatic heterocycles. The van der Waals surface area contributed by atoms with Gasteiger partial charge in [-0.3, -0.25) is 0 Å². The smallest absolute Gasteiger partial charge is 0.242 e. The van der Waals surface area contributed by atoms with E-state index in [2.05, 4.69) is 9.97 Å². The quantitative estimate of drug-likeness (QED) is 0.794. The number of anilines is 1. The molecule has 15 heavy (non-hydrogen) atoms. The zero-order valence-electron chi connectivity index (χ0n) is 8.95. The molecule has 1 unspecified atom stereocenters. The Bertz CT molecular complexity index is 346. The number of aromatic nitrogens is 2. The highest BCUT2D eigenvalue weighted by molar-refractivity contribution is 6.28. The van der Waals surface area contributed by atoms with Crippen molar-refractivity contribution < 1.29 is 9.47 Å². The van der Waals surface area contributed by atoms with Crippen molar-refractivity contribution in [3.63, 3.8) is 0 Å². The number of halogens is 1. The van der Waals surface area contributed by atoms with E-state index in [4.69, 9.17) is 26.8 Å². The van der Waals surface area contributed by atoms with Crippen LogP contribution in [0.5, 0.6) is 5.88 Å². The molecular weight excluding hydrogens is 218 g/mol. The van der Waals surface area contributed by atoms with E-state index in [1.807, 2.05) is 6.92 Å². The molecular formula is C9H14ClN3O2. The highest BCUT2D eigenvalue weighted by Gasteiger charge is 2.12. The lowest BCUT2D eigenvalue weighted by Crippen LogP contribution is -2.19. The second kappa shape index (κ2) is 5.14. The fraction of sp³-hybridized carbons (Fsp3) is 0.556. The van der Waals surface area contributed by atoms with Crippen LogP contribution in [0.1, 0.15) is 12.6 Å². The van der Waals surface area contributed by atoms with Crippen molar-refractivity contribution in [1.29, 1.82) is 0 Å². The topological polar surface area (TPSA) is 70.3 Å². The Hall–Kier alpha value is -1.07. The standard InChI is InChI=1S/C9H14ClN3O2/c1-5(4-14-3)15-8-7(11)6(2)12-9(10)13-8/h5H,4,11H2,1-3H3. The van der Waals surface area contributed by atoms with Gasteiger partial charge in [0.1, 0.15) is 11.8 Å². The Morgan fingerprint density at radius 2 is 2.13 bits per heavy atom. The highest BCUT2D eigenvalue weighted by atomic mass is 35.5. The lowest BCUT2D eigenvalue weighted by molar-refractivity contribution is 0.0894. The molecule has 5 nitrogen and oxygen atoms in total. The summed E-state index contributed by atoms with van der Waals surface area (Å²) in [6.07, 6.45) is -0.136. The van der Waals surface area contributed by atoms with Crippen LogP contribution in [0.2, 0.25) is 5.28 Å². The summed E-state index contributed by atoms with van der Waals surface area (Å²) in [5.74, 6) is 0.303. The van der Waals surface area contributed by atoms with Crippen molar-refractivity contribution in [2.75, 3.05) is 19.5 Å². The number of nitrogen functional groups attached to an aromatic ring is 1. The summed E-state index contributed by atoms with van der Waals surface area (Å²) >= 11 is 5.69. The number of ether oxygens (including phenoxy) is 2. The zero-order chi connectivity index (χ0) is 11.4. The Kier molecular flexibility index (Phi) is 4.11. The third-order valence-corrected chi connectivity index (χ3v) is 1.96. The minimum Gasteiger partial charge on any atom is -0.471 e. The Labute approximate surface area is 93.6 Å². The number of aryl methyl sites for hydroxylation is 1. The fourth-order valence-corrected chi connectivity index (χ4v) is 1.28. The van der Waals surface area contributed by atoms with Gasteiger partial charge >= 0.3 is 0 Å². The van der Waals surface area contributed by atoms with Gasteiger partial charge < -0.3 is 15.2 Å². The molecule has 84 valence electrons. The number of rotatable bonds is 4. The number of hydrogen-bond donors (Lipinski definition) is 1. The van der Waals surface area contributed by atoms with Crippen molar-refractivity contribution in [3.8, 4) is 5.88 Å². The minimum absolute atomic E-state index is 0.126.